The first kappa shape index (κ1) is 22.7. The average molecular weight is 457 g/mol. The molecule has 0 atom stereocenters. The van der Waals surface area contributed by atoms with E-state index >= 15 is 0 Å². The zero-order chi connectivity index (χ0) is 23.2. The normalized spacial score (nSPS) is 14.4. The van der Waals surface area contributed by atoms with Crippen molar-refractivity contribution in [3.63, 3.8) is 0 Å². The minimum absolute atomic E-state index is 0.129. The number of H-pyrrole nitrogens is 1. The lowest BCUT2D eigenvalue weighted by molar-refractivity contribution is 0.0357. The third kappa shape index (κ3) is 4.99. The quantitative estimate of drug-likeness (QED) is 0.465. The second-order valence-electron chi connectivity index (χ2n) is 7.58. The van der Waals surface area contributed by atoms with Crippen molar-refractivity contribution in [2.75, 3.05) is 51.9 Å². The van der Waals surface area contributed by atoms with E-state index in [0.717, 1.165) is 39.3 Å². The summed E-state index contributed by atoms with van der Waals surface area (Å²) in [4.78, 5) is 32.5. The van der Waals surface area contributed by atoms with Gasteiger partial charge < -0.3 is 14.2 Å². The monoisotopic (exact) mass is 456 g/mol. The summed E-state index contributed by atoms with van der Waals surface area (Å²) in [7, 11) is 1.51. The zero-order valence-corrected chi connectivity index (χ0v) is 18.8. The van der Waals surface area contributed by atoms with Gasteiger partial charge in [0.15, 0.2) is 11.5 Å². The molecular weight excluding hydrogens is 428 g/mol. The number of hydrogen-bond donors (Lipinski definition) is 2. The van der Waals surface area contributed by atoms with E-state index in [9.17, 15) is 9.59 Å². The van der Waals surface area contributed by atoms with Gasteiger partial charge in [0.2, 0.25) is 5.95 Å². The second-order valence-corrected chi connectivity index (χ2v) is 7.58. The fraction of sp³-hybridized carbons (Fsp3) is 0.455. The van der Waals surface area contributed by atoms with Crippen LogP contribution >= 0.6 is 0 Å². The molecule has 176 valence electrons. The summed E-state index contributed by atoms with van der Waals surface area (Å²) in [5.74, 6) is 0.564. The van der Waals surface area contributed by atoms with E-state index in [1.165, 1.54) is 24.1 Å². The Labute approximate surface area is 190 Å². The molecular formula is C22H28N6O5. The zero-order valence-electron chi connectivity index (χ0n) is 18.8. The maximum Gasteiger partial charge on any atom is 0.262 e. The molecule has 3 heterocycles. The molecule has 0 radical (unpaired) electrons. The van der Waals surface area contributed by atoms with Gasteiger partial charge in [0.1, 0.15) is 5.52 Å². The Morgan fingerprint density at radius 1 is 1.30 bits per heavy atom. The largest absolute Gasteiger partial charge is 0.491 e. The van der Waals surface area contributed by atoms with Crippen molar-refractivity contribution in [3.05, 3.63) is 40.4 Å². The van der Waals surface area contributed by atoms with Crippen molar-refractivity contribution in [3.8, 4) is 11.5 Å². The van der Waals surface area contributed by atoms with Crippen LogP contribution in [0.25, 0.3) is 10.9 Å². The minimum atomic E-state index is -0.424. The van der Waals surface area contributed by atoms with Gasteiger partial charge in [-0.15, -0.1) is 0 Å². The number of morpholine rings is 1. The molecule has 1 saturated heterocycles. The fourth-order valence-electron chi connectivity index (χ4n) is 3.79. The Bertz CT molecular complexity index is 1150. The highest BCUT2D eigenvalue weighted by molar-refractivity contribution is 6.03. The Hall–Kier alpha value is -3.44. The fourth-order valence-corrected chi connectivity index (χ4v) is 3.79. The highest BCUT2D eigenvalue weighted by Gasteiger charge is 2.19. The molecule has 1 aliphatic heterocycles. The summed E-state index contributed by atoms with van der Waals surface area (Å²) < 4.78 is 18.3. The lowest BCUT2D eigenvalue weighted by atomic mass is 10.2. The number of aromatic amines is 1. The summed E-state index contributed by atoms with van der Waals surface area (Å²) in [5, 5.41) is 9.45. The summed E-state index contributed by atoms with van der Waals surface area (Å²) in [6.45, 7) is 6.95. The van der Waals surface area contributed by atoms with Crippen molar-refractivity contribution in [1.82, 2.24) is 24.6 Å². The Morgan fingerprint density at radius 3 is 2.82 bits per heavy atom. The van der Waals surface area contributed by atoms with Crippen LogP contribution in [0.4, 0.5) is 5.95 Å². The molecule has 4 rings (SSSR count). The molecule has 1 amide bonds. The molecule has 11 heteroatoms. The maximum atomic E-state index is 13.1. The van der Waals surface area contributed by atoms with Crippen LogP contribution < -0.4 is 20.3 Å². The molecule has 1 fully saturated rings. The number of rotatable bonds is 9. The van der Waals surface area contributed by atoms with Gasteiger partial charge in [-0.1, -0.05) is 0 Å². The van der Waals surface area contributed by atoms with Gasteiger partial charge >= 0.3 is 0 Å². The van der Waals surface area contributed by atoms with Gasteiger partial charge in [-0.05, 0) is 25.5 Å². The average Bonchev–Trinajstić information content (AvgIpc) is 3.38. The molecule has 1 aliphatic rings. The Morgan fingerprint density at radius 2 is 2.12 bits per heavy atom. The second kappa shape index (κ2) is 10.5. The van der Waals surface area contributed by atoms with E-state index in [-0.39, 0.29) is 11.5 Å². The van der Waals surface area contributed by atoms with E-state index in [1.54, 1.807) is 12.1 Å². The first-order valence-electron chi connectivity index (χ1n) is 11.0. The summed E-state index contributed by atoms with van der Waals surface area (Å²) in [5.41, 5.74) is 0.388. The van der Waals surface area contributed by atoms with Crippen LogP contribution in [0.15, 0.2) is 29.3 Å². The molecule has 0 saturated carbocycles. The van der Waals surface area contributed by atoms with Gasteiger partial charge in [-0.25, -0.2) is 4.98 Å². The lowest BCUT2D eigenvalue weighted by Crippen LogP contribution is -2.37. The number of anilines is 1. The molecule has 2 N–H and O–H groups in total. The van der Waals surface area contributed by atoms with E-state index in [1.807, 2.05) is 6.92 Å². The van der Waals surface area contributed by atoms with Crippen LogP contribution in [0.2, 0.25) is 0 Å². The van der Waals surface area contributed by atoms with E-state index in [0.29, 0.717) is 41.1 Å². The SMILES string of the molecule is CCn1c(NC(=O)c2cn[nH]c2)nc2c(OC)c(OCCCN3CCOCC3)ccc2c1=O. The number of hydrogen-bond acceptors (Lipinski definition) is 8. The van der Waals surface area contributed by atoms with Crippen molar-refractivity contribution in [2.45, 2.75) is 19.9 Å². The van der Waals surface area contributed by atoms with Crippen LogP contribution in [-0.4, -0.2) is 77.1 Å². The van der Waals surface area contributed by atoms with Crippen molar-refractivity contribution in [2.24, 2.45) is 0 Å². The van der Waals surface area contributed by atoms with Gasteiger partial charge in [0, 0.05) is 32.4 Å². The number of nitrogens with one attached hydrogen (secondary N) is 2. The summed E-state index contributed by atoms with van der Waals surface area (Å²) in [6, 6.07) is 3.40. The van der Waals surface area contributed by atoms with Crippen LogP contribution in [0.1, 0.15) is 23.7 Å². The number of aromatic nitrogens is 4. The highest BCUT2D eigenvalue weighted by atomic mass is 16.5. The minimum Gasteiger partial charge on any atom is -0.491 e. The number of ether oxygens (including phenoxy) is 3. The van der Waals surface area contributed by atoms with Crippen molar-refractivity contribution in [1.29, 1.82) is 0 Å². The molecule has 0 unspecified atom stereocenters. The summed E-state index contributed by atoms with van der Waals surface area (Å²) in [6.07, 6.45) is 3.71. The number of carbonyl (C=O) groups is 1. The van der Waals surface area contributed by atoms with Gasteiger partial charge in [-0.2, -0.15) is 5.10 Å². The van der Waals surface area contributed by atoms with Crippen LogP contribution in [-0.2, 0) is 11.3 Å². The van der Waals surface area contributed by atoms with Crippen LogP contribution in [0.3, 0.4) is 0 Å². The standard InChI is InChI=1S/C22H28N6O5/c1-3-28-21(30)16-5-6-17(33-10-4-7-27-8-11-32-12-9-27)19(31-2)18(16)25-22(28)26-20(29)15-13-23-24-14-15/h5-6,13-14H,3-4,7-12H2,1-2H3,(H,23,24)(H,25,26,29). The van der Waals surface area contributed by atoms with E-state index in [2.05, 4.69) is 25.4 Å². The van der Waals surface area contributed by atoms with Gasteiger partial charge in [0.25, 0.3) is 11.5 Å². The maximum absolute atomic E-state index is 13.1. The number of amides is 1. The number of methoxy groups -OCH3 is 1. The Kier molecular flexibility index (Phi) is 7.20. The number of benzene rings is 1. The predicted molar refractivity (Wildman–Crippen MR) is 122 cm³/mol. The number of nitrogens with zero attached hydrogens (tertiary/aromatic N) is 4. The molecule has 2 aromatic heterocycles. The van der Waals surface area contributed by atoms with Gasteiger partial charge in [-0.3, -0.25) is 29.5 Å². The topological polar surface area (TPSA) is 124 Å². The van der Waals surface area contributed by atoms with Crippen LogP contribution in [0.5, 0.6) is 11.5 Å². The smallest absolute Gasteiger partial charge is 0.262 e. The first-order valence-corrected chi connectivity index (χ1v) is 11.0. The first-order chi connectivity index (χ1) is 16.1. The van der Waals surface area contributed by atoms with Crippen molar-refractivity contribution >= 4 is 22.8 Å². The third-order valence-electron chi connectivity index (χ3n) is 5.53. The predicted octanol–water partition coefficient (Wildman–Crippen LogP) is 1.50. The molecule has 1 aromatic carbocycles. The molecule has 0 aliphatic carbocycles. The van der Waals surface area contributed by atoms with Gasteiger partial charge in [0.05, 0.1) is 44.1 Å². The molecule has 11 nitrogen and oxygen atoms in total. The van der Waals surface area contributed by atoms with E-state index < -0.39 is 5.91 Å². The van der Waals surface area contributed by atoms with Crippen molar-refractivity contribution < 1.29 is 19.0 Å². The molecule has 33 heavy (non-hydrogen) atoms. The summed E-state index contributed by atoms with van der Waals surface area (Å²) >= 11 is 0. The molecule has 3 aromatic rings. The lowest BCUT2D eigenvalue weighted by Gasteiger charge is -2.26. The molecule has 0 bridgehead atoms. The third-order valence-corrected chi connectivity index (χ3v) is 5.53. The molecule has 0 spiro atoms. The Balaban J connectivity index is 1.58. The highest BCUT2D eigenvalue weighted by Crippen LogP contribution is 2.34. The number of fused-ring (bicyclic) bond motifs is 1. The van der Waals surface area contributed by atoms with E-state index in [4.69, 9.17) is 14.2 Å². The number of carbonyl (C=O) groups excluding carboxylic acids is 1. The van der Waals surface area contributed by atoms with Crippen LogP contribution in [0, 0.1) is 0 Å².